The minimum absolute atomic E-state index is 0.00519. The first kappa shape index (κ1) is 36.0. The van der Waals surface area contributed by atoms with Crippen LogP contribution in [0.1, 0.15) is 32.1 Å². The first-order chi connectivity index (χ1) is 26.8. The molecule has 278 valence electrons. The maximum Gasteiger partial charge on any atom is 0.283 e. The summed E-state index contributed by atoms with van der Waals surface area (Å²) in [7, 11) is -5.80. The van der Waals surface area contributed by atoms with Gasteiger partial charge in [0.1, 0.15) is 17.2 Å². The van der Waals surface area contributed by atoms with E-state index in [1.54, 1.807) is 66.7 Å². The Bertz CT molecular complexity index is 2980. The largest absolute Gasteiger partial charge is 0.497 e. The minimum Gasteiger partial charge on any atom is -0.497 e. The average molecular weight is 786 g/mol. The first-order valence-electron chi connectivity index (χ1n) is 16.8. The summed E-state index contributed by atoms with van der Waals surface area (Å²) in [5, 5.41) is 4.35. The van der Waals surface area contributed by atoms with Crippen molar-refractivity contribution in [1.29, 1.82) is 0 Å². The van der Waals surface area contributed by atoms with Crippen molar-refractivity contribution in [2.75, 3.05) is 14.2 Å². The molecule has 0 N–H and O–H groups in total. The van der Waals surface area contributed by atoms with Crippen LogP contribution in [0.25, 0.3) is 45.7 Å². The van der Waals surface area contributed by atoms with Crippen molar-refractivity contribution in [1.82, 2.24) is 13.2 Å². The Hall–Kier alpha value is -6.97. The molecule has 2 aliphatic carbocycles. The van der Waals surface area contributed by atoms with E-state index in [4.69, 9.17) is 9.47 Å². The Labute approximate surface area is 319 Å². The van der Waals surface area contributed by atoms with E-state index in [1.165, 1.54) is 62.9 Å². The highest BCUT2D eigenvalue weighted by atomic mass is 32.2. The summed E-state index contributed by atoms with van der Waals surface area (Å²) in [6.45, 7) is 0. The van der Waals surface area contributed by atoms with Crippen LogP contribution in [0, 0.1) is 0 Å². The zero-order chi connectivity index (χ0) is 39.5. The van der Waals surface area contributed by atoms with E-state index in [2.05, 4.69) is 5.10 Å². The molecule has 0 saturated carbocycles. The molecule has 4 aromatic carbocycles. The number of carbonyl (C=O) groups excluding carboxylic acids is 4. The third kappa shape index (κ3) is 5.72. The molecule has 0 radical (unpaired) electrons. The van der Waals surface area contributed by atoms with Gasteiger partial charge in [0.15, 0.2) is 0 Å². The van der Waals surface area contributed by atoms with Gasteiger partial charge in [-0.3, -0.25) is 19.2 Å². The van der Waals surface area contributed by atoms with Crippen molar-refractivity contribution < 1.29 is 45.5 Å². The predicted molar refractivity (Wildman–Crippen MR) is 204 cm³/mol. The van der Waals surface area contributed by atoms with Gasteiger partial charge < -0.3 is 9.47 Å². The highest BCUT2D eigenvalue weighted by Crippen LogP contribution is 2.40. The van der Waals surface area contributed by atoms with Gasteiger partial charge in [-0.25, -0.2) is 12.4 Å². The van der Waals surface area contributed by atoms with Gasteiger partial charge in [-0.1, -0.05) is 42.5 Å². The van der Waals surface area contributed by atoms with Crippen LogP contribution in [-0.2, 0) is 29.6 Å². The van der Waals surface area contributed by atoms with E-state index in [1.807, 2.05) is 0 Å². The van der Waals surface area contributed by atoms with E-state index < -0.39 is 43.2 Å². The molecule has 0 atom stereocenters. The zero-order valence-corrected chi connectivity index (χ0v) is 31.0. The average Bonchev–Trinajstić information content (AvgIpc) is 3.82. The molecule has 0 amide bonds. The SMILES string of the molecule is COc1ccc(-c2nn(S(=O)(=O)c3cccc(-c4ccc(-c5cn(S(=O)(=O)c6ccccc6)c6c5C(=O)C(=O)C=C6)cc4OC)c3)c3c2C(=O)C(=O)C=C3)cc1. The summed E-state index contributed by atoms with van der Waals surface area (Å²) < 4.78 is 68.7. The molecular weight excluding hydrogens is 759 g/mol. The number of ketones is 4. The van der Waals surface area contributed by atoms with Gasteiger partial charge in [0.25, 0.3) is 20.0 Å². The van der Waals surface area contributed by atoms with Crippen molar-refractivity contribution in [2.45, 2.75) is 9.79 Å². The van der Waals surface area contributed by atoms with E-state index in [-0.39, 0.29) is 49.3 Å². The van der Waals surface area contributed by atoms with Crippen LogP contribution in [0.4, 0.5) is 0 Å². The van der Waals surface area contributed by atoms with Crippen LogP contribution < -0.4 is 9.47 Å². The van der Waals surface area contributed by atoms with Gasteiger partial charge in [0.2, 0.25) is 23.1 Å². The number of methoxy groups -OCH3 is 2. The molecule has 6 aromatic rings. The van der Waals surface area contributed by atoms with E-state index in [0.717, 1.165) is 20.2 Å². The molecule has 56 heavy (non-hydrogen) atoms. The normalized spacial score (nSPS) is 13.8. The molecule has 13 nitrogen and oxygen atoms in total. The van der Waals surface area contributed by atoms with E-state index in [0.29, 0.717) is 28.0 Å². The molecule has 0 saturated heterocycles. The number of benzene rings is 4. The van der Waals surface area contributed by atoms with E-state index >= 15 is 0 Å². The fraction of sp³-hybridized carbons (Fsp3) is 0.0488. The second-order valence-electron chi connectivity index (χ2n) is 12.6. The standard InChI is InChI=1S/C41H27N3O10S2/c1-53-27-14-11-24(12-15-27)39-38-33(18-20-35(46)41(38)48)44(42-39)56(51,52)29-10-6-7-25(21-29)30-16-13-26(22-36(30)54-2)31-23-43(32-17-19-34(45)40(47)37(31)32)55(49,50)28-8-4-3-5-9-28/h3-23H,1-2H3. The fourth-order valence-electron chi connectivity index (χ4n) is 6.66. The molecule has 2 aromatic heterocycles. The number of fused-ring (bicyclic) bond motifs is 2. The minimum atomic E-state index is -4.49. The lowest BCUT2D eigenvalue weighted by molar-refractivity contribution is -0.111. The maximum atomic E-state index is 14.3. The number of hydrogen-bond donors (Lipinski definition) is 0. The number of rotatable bonds is 9. The van der Waals surface area contributed by atoms with Gasteiger partial charge in [-0.05, 0) is 90.0 Å². The number of nitrogens with zero attached hydrogens (tertiary/aromatic N) is 3. The zero-order valence-electron chi connectivity index (χ0n) is 29.4. The first-order valence-corrected chi connectivity index (χ1v) is 19.6. The van der Waals surface area contributed by atoms with Crippen molar-refractivity contribution in [2.24, 2.45) is 0 Å². The third-order valence-corrected chi connectivity index (χ3v) is 12.7. The number of aromatic nitrogens is 3. The number of Topliss-reactive ketones (excluding diaryl/α,β-unsaturated/α-hetero) is 2. The van der Waals surface area contributed by atoms with E-state index in [9.17, 15) is 36.0 Å². The van der Waals surface area contributed by atoms with Crippen molar-refractivity contribution in [3.63, 3.8) is 0 Å². The molecule has 0 bridgehead atoms. The summed E-state index contributed by atoms with van der Waals surface area (Å²) in [6, 6.07) is 24.8. The molecule has 0 aliphatic heterocycles. The van der Waals surface area contributed by atoms with Crippen molar-refractivity contribution in [3.05, 3.63) is 138 Å². The van der Waals surface area contributed by atoms with Crippen molar-refractivity contribution in [3.8, 4) is 45.0 Å². The monoisotopic (exact) mass is 785 g/mol. The van der Waals surface area contributed by atoms with Crippen molar-refractivity contribution >= 4 is 55.3 Å². The molecular formula is C41H27N3O10S2. The lowest BCUT2D eigenvalue weighted by Gasteiger charge is -2.14. The molecule has 8 rings (SSSR count). The second-order valence-corrected chi connectivity index (χ2v) is 16.2. The molecule has 15 heteroatoms. The second kappa shape index (κ2) is 13.4. The van der Waals surface area contributed by atoms with Crippen LogP contribution in [0.5, 0.6) is 11.5 Å². The number of carbonyl (C=O) groups is 4. The number of hydrogen-bond acceptors (Lipinski definition) is 11. The highest BCUT2D eigenvalue weighted by molar-refractivity contribution is 7.90. The topological polar surface area (TPSA) is 178 Å². The summed E-state index contributed by atoms with van der Waals surface area (Å²) >= 11 is 0. The third-order valence-electron chi connectivity index (χ3n) is 9.43. The van der Waals surface area contributed by atoms with Crippen LogP contribution in [0.15, 0.2) is 125 Å². The molecule has 2 heterocycles. The summed E-state index contributed by atoms with van der Waals surface area (Å²) in [5.74, 6) is -2.64. The lowest BCUT2D eigenvalue weighted by atomic mass is 9.93. The summed E-state index contributed by atoms with van der Waals surface area (Å²) in [4.78, 5) is 51.1. The van der Waals surface area contributed by atoms with Gasteiger partial charge in [0.05, 0.1) is 46.5 Å². The Morgan fingerprint density at radius 3 is 1.86 bits per heavy atom. The van der Waals surface area contributed by atoms with Crippen LogP contribution in [0.2, 0.25) is 0 Å². The van der Waals surface area contributed by atoms with Crippen LogP contribution >= 0.6 is 0 Å². The maximum absolute atomic E-state index is 14.3. The van der Waals surface area contributed by atoms with Gasteiger partial charge >= 0.3 is 0 Å². The fourth-order valence-corrected chi connectivity index (χ4v) is 9.37. The molecule has 0 fully saturated rings. The predicted octanol–water partition coefficient (Wildman–Crippen LogP) is 5.73. The highest BCUT2D eigenvalue weighted by Gasteiger charge is 2.35. The molecule has 0 unspecified atom stereocenters. The number of allylic oxidation sites excluding steroid dienone is 2. The Balaban J connectivity index is 1.22. The quantitative estimate of drug-likeness (QED) is 0.164. The van der Waals surface area contributed by atoms with Gasteiger partial charge in [0, 0.05) is 22.9 Å². The molecule has 0 spiro atoms. The van der Waals surface area contributed by atoms with Gasteiger partial charge in [-0.15, -0.1) is 0 Å². The lowest BCUT2D eigenvalue weighted by Crippen LogP contribution is -2.20. The summed E-state index contributed by atoms with van der Waals surface area (Å²) in [6.07, 6.45) is 5.85. The van der Waals surface area contributed by atoms with Crippen LogP contribution in [0.3, 0.4) is 0 Å². The van der Waals surface area contributed by atoms with Gasteiger partial charge in [-0.2, -0.15) is 17.6 Å². The summed E-state index contributed by atoms with van der Waals surface area (Å²) in [5.41, 5.74) is 1.44. The number of ether oxygens (including phenoxy) is 2. The smallest absolute Gasteiger partial charge is 0.283 e. The Morgan fingerprint density at radius 1 is 0.554 bits per heavy atom. The molecule has 2 aliphatic rings. The Morgan fingerprint density at radius 2 is 1.18 bits per heavy atom. The van der Waals surface area contributed by atoms with Crippen LogP contribution in [-0.4, -0.2) is 67.3 Å². The Kier molecular flexibility index (Phi) is 8.62.